The summed E-state index contributed by atoms with van der Waals surface area (Å²) in [7, 11) is 0. The molecule has 0 aliphatic carbocycles. The number of hydrogen-bond acceptors (Lipinski definition) is 3. The van der Waals surface area contributed by atoms with Crippen LogP contribution >= 0.6 is 0 Å². The largest absolute Gasteiger partial charge is 0.481 e. The monoisotopic (exact) mass is 374 g/mol. The Hall–Kier alpha value is -2.41. The first-order chi connectivity index (χ1) is 13.0. The highest BCUT2D eigenvalue weighted by atomic mass is 19.1. The number of amides is 1. The van der Waals surface area contributed by atoms with Crippen LogP contribution in [-0.4, -0.2) is 52.7 Å². The molecule has 0 radical (unpaired) electrons. The van der Waals surface area contributed by atoms with Gasteiger partial charge in [-0.05, 0) is 48.9 Å². The number of halogens is 1. The number of carboxylic acid groups (broad SMARTS) is 1. The number of fused-ring (bicyclic) bond motifs is 1. The van der Waals surface area contributed by atoms with Crippen LogP contribution in [-0.2, 0) is 20.7 Å². The topological polar surface area (TPSA) is 82.6 Å². The zero-order valence-electron chi connectivity index (χ0n) is 15.0. The van der Waals surface area contributed by atoms with Crippen molar-refractivity contribution >= 4 is 22.8 Å². The molecule has 0 saturated carbocycles. The molecule has 6 nitrogen and oxygen atoms in total. The van der Waals surface area contributed by atoms with E-state index in [1.165, 1.54) is 12.1 Å². The lowest BCUT2D eigenvalue weighted by atomic mass is 9.84. The molecule has 0 bridgehead atoms. The summed E-state index contributed by atoms with van der Waals surface area (Å²) in [6.07, 6.45) is 3.90. The Morgan fingerprint density at radius 2 is 2.04 bits per heavy atom. The van der Waals surface area contributed by atoms with Gasteiger partial charge in [0.1, 0.15) is 5.82 Å². The number of carbonyl (C=O) groups excluding carboxylic acids is 1. The molecule has 7 heteroatoms. The molecule has 1 aromatic carbocycles. The lowest BCUT2D eigenvalue weighted by Crippen LogP contribution is -2.43. The summed E-state index contributed by atoms with van der Waals surface area (Å²) >= 11 is 0. The van der Waals surface area contributed by atoms with E-state index in [4.69, 9.17) is 4.74 Å². The molecule has 2 aliphatic heterocycles. The first-order valence-electron chi connectivity index (χ1n) is 9.40. The minimum atomic E-state index is -0.785. The minimum Gasteiger partial charge on any atom is -0.481 e. The Bertz CT molecular complexity index is 857. The van der Waals surface area contributed by atoms with Crippen molar-refractivity contribution in [3.05, 3.63) is 35.8 Å². The van der Waals surface area contributed by atoms with Crippen LogP contribution in [0, 0.1) is 17.7 Å². The van der Waals surface area contributed by atoms with Crippen molar-refractivity contribution in [3.8, 4) is 0 Å². The van der Waals surface area contributed by atoms with Crippen LogP contribution in [0.15, 0.2) is 24.4 Å². The zero-order valence-corrected chi connectivity index (χ0v) is 15.0. The Kier molecular flexibility index (Phi) is 4.86. The molecule has 1 unspecified atom stereocenters. The van der Waals surface area contributed by atoms with Gasteiger partial charge < -0.3 is 19.7 Å². The van der Waals surface area contributed by atoms with E-state index in [1.54, 1.807) is 12.3 Å². The van der Waals surface area contributed by atoms with Gasteiger partial charge in [0, 0.05) is 36.8 Å². The van der Waals surface area contributed by atoms with Gasteiger partial charge in [0.2, 0.25) is 5.91 Å². The highest BCUT2D eigenvalue weighted by molar-refractivity contribution is 5.89. The number of H-pyrrole nitrogens is 1. The van der Waals surface area contributed by atoms with Crippen LogP contribution in [0.1, 0.15) is 24.8 Å². The number of rotatable bonds is 4. The van der Waals surface area contributed by atoms with E-state index >= 15 is 0 Å². The van der Waals surface area contributed by atoms with Crippen molar-refractivity contribution in [1.82, 2.24) is 9.88 Å². The second-order valence-corrected chi connectivity index (χ2v) is 7.47. The second kappa shape index (κ2) is 7.31. The van der Waals surface area contributed by atoms with Crippen molar-refractivity contribution < 1.29 is 23.8 Å². The molecule has 2 saturated heterocycles. The molecule has 2 aromatic rings. The fourth-order valence-corrected chi connectivity index (χ4v) is 4.40. The number of piperidine rings is 1. The molecule has 2 aliphatic rings. The molecule has 3 heterocycles. The van der Waals surface area contributed by atoms with E-state index in [0.717, 1.165) is 23.8 Å². The van der Waals surface area contributed by atoms with Crippen molar-refractivity contribution in [3.63, 3.8) is 0 Å². The number of hydrogen-bond donors (Lipinski definition) is 2. The minimum absolute atomic E-state index is 0.0424. The van der Waals surface area contributed by atoms with Crippen molar-refractivity contribution in [2.24, 2.45) is 11.8 Å². The zero-order chi connectivity index (χ0) is 19.0. The van der Waals surface area contributed by atoms with Crippen molar-refractivity contribution in [2.75, 3.05) is 19.7 Å². The number of aromatic nitrogens is 1. The van der Waals surface area contributed by atoms with E-state index in [-0.39, 0.29) is 30.2 Å². The Morgan fingerprint density at radius 3 is 2.78 bits per heavy atom. The maximum absolute atomic E-state index is 13.3. The average Bonchev–Trinajstić information content (AvgIpc) is 3.29. The highest BCUT2D eigenvalue weighted by Crippen LogP contribution is 2.33. The van der Waals surface area contributed by atoms with Gasteiger partial charge in [-0.1, -0.05) is 0 Å². The van der Waals surface area contributed by atoms with E-state index in [0.29, 0.717) is 31.6 Å². The quantitative estimate of drug-likeness (QED) is 0.862. The summed E-state index contributed by atoms with van der Waals surface area (Å²) in [5, 5.41) is 10.2. The van der Waals surface area contributed by atoms with Gasteiger partial charge in [0.05, 0.1) is 18.4 Å². The summed E-state index contributed by atoms with van der Waals surface area (Å²) < 4.78 is 19.0. The summed E-state index contributed by atoms with van der Waals surface area (Å²) in [6, 6.07) is 4.52. The van der Waals surface area contributed by atoms with E-state index in [2.05, 4.69) is 4.98 Å². The fraction of sp³-hybridized carbons (Fsp3) is 0.500. The molecule has 2 atom stereocenters. The lowest BCUT2D eigenvalue weighted by Gasteiger charge is -2.35. The summed E-state index contributed by atoms with van der Waals surface area (Å²) in [4.78, 5) is 28.9. The highest BCUT2D eigenvalue weighted by Gasteiger charge is 2.40. The molecular formula is C20H23FN2O4. The molecule has 4 rings (SSSR count). The van der Waals surface area contributed by atoms with E-state index < -0.39 is 11.9 Å². The van der Waals surface area contributed by atoms with Crippen molar-refractivity contribution in [1.29, 1.82) is 0 Å². The SMILES string of the molecule is O=C(O)C1CCO[C@H]1C1CCN(C(=O)Cc2c[nH]c3cc(F)ccc23)CC1. The third-order valence-corrected chi connectivity index (χ3v) is 5.88. The molecule has 1 aromatic heterocycles. The van der Waals surface area contributed by atoms with Crippen LogP contribution in [0.25, 0.3) is 10.9 Å². The molecule has 27 heavy (non-hydrogen) atoms. The second-order valence-electron chi connectivity index (χ2n) is 7.47. The summed E-state index contributed by atoms with van der Waals surface area (Å²) in [5.74, 6) is -1.29. The maximum Gasteiger partial charge on any atom is 0.309 e. The van der Waals surface area contributed by atoms with E-state index in [9.17, 15) is 19.1 Å². The van der Waals surface area contributed by atoms with Gasteiger partial charge in [0.25, 0.3) is 0 Å². The Morgan fingerprint density at radius 1 is 1.26 bits per heavy atom. The van der Waals surface area contributed by atoms with Crippen LogP contribution in [0.2, 0.25) is 0 Å². The summed E-state index contributed by atoms with van der Waals surface area (Å²) in [6.45, 7) is 1.74. The molecule has 2 N–H and O–H groups in total. The Balaban J connectivity index is 1.36. The van der Waals surface area contributed by atoms with Gasteiger partial charge in [0.15, 0.2) is 0 Å². The third-order valence-electron chi connectivity index (χ3n) is 5.88. The third kappa shape index (κ3) is 3.56. The van der Waals surface area contributed by atoms with Crippen LogP contribution in [0.5, 0.6) is 0 Å². The van der Waals surface area contributed by atoms with Gasteiger partial charge in [-0.2, -0.15) is 0 Å². The number of aliphatic carboxylic acids is 1. The number of aromatic amines is 1. The van der Waals surface area contributed by atoms with Gasteiger partial charge in [-0.3, -0.25) is 9.59 Å². The average molecular weight is 374 g/mol. The predicted octanol–water partition coefficient (Wildman–Crippen LogP) is 2.58. The molecule has 2 fully saturated rings. The molecule has 0 spiro atoms. The number of carboxylic acids is 1. The number of nitrogens with zero attached hydrogens (tertiary/aromatic N) is 1. The number of benzene rings is 1. The lowest BCUT2D eigenvalue weighted by molar-refractivity contribution is -0.145. The first-order valence-corrected chi connectivity index (χ1v) is 9.40. The normalized spacial score (nSPS) is 23.8. The standard InChI is InChI=1S/C20H23FN2O4/c21-14-1-2-15-13(11-22-17(15)10-14)9-18(24)23-6-3-12(4-7-23)19-16(20(25)26)5-8-27-19/h1-2,10-12,16,19,22H,3-9H2,(H,25,26)/t16?,19-/m0/s1. The van der Waals surface area contributed by atoms with Gasteiger partial charge in [-0.15, -0.1) is 0 Å². The number of carbonyl (C=O) groups is 2. The molecule has 144 valence electrons. The first kappa shape index (κ1) is 18.0. The van der Waals surface area contributed by atoms with Crippen LogP contribution < -0.4 is 0 Å². The van der Waals surface area contributed by atoms with Crippen LogP contribution in [0.4, 0.5) is 4.39 Å². The van der Waals surface area contributed by atoms with E-state index in [1.807, 2.05) is 4.90 Å². The molecule has 1 amide bonds. The Labute approximate surface area is 156 Å². The predicted molar refractivity (Wildman–Crippen MR) is 96.7 cm³/mol. The summed E-state index contributed by atoms with van der Waals surface area (Å²) in [5.41, 5.74) is 1.55. The molecular weight excluding hydrogens is 351 g/mol. The van der Waals surface area contributed by atoms with Gasteiger partial charge >= 0.3 is 5.97 Å². The van der Waals surface area contributed by atoms with Crippen molar-refractivity contribution in [2.45, 2.75) is 31.8 Å². The van der Waals surface area contributed by atoms with Crippen LogP contribution in [0.3, 0.4) is 0 Å². The number of likely N-dealkylation sites (tertiary alicyclic amines) is 1. The number of ether oxygens (including phenoxy) is 1. The maximum atomic E-state index is 13.3. The fourth-order valence-electron chi connectivity index (χ4n) is 4.40. The number of nitrogens with one attached hydrogen (secondary N) is 1. The van der Waals surface area contributed by atoms with Gasteiger partial charge in [-0.25, -0.2) is 4.39 Å². The smallest absolute Gasteiger partial charge is 0.309 e.